The zero-order valence-electron chi connectivity index (χ0n) is 20.1. The number of nitrogen functional groups attached to an aromatic ring is 1. The number of sulfone groups is 1. The number of anilines is 3. The maximum atomic E-state index is 13.8. The van der Waals surface area contributed by atoms with E-state index in [9.17, 15) is 13.2 Å². The van der Waals surface area contributed by atoms with Gasteiger partial charge in [-0.2, -0.15) is 0 Å². The third-order valence-electron chi connectivity index (χ3n) is 5.72. The standard InChI is InChI=1S/C27H26N2O5S2/c1-4-17-8-5-6-11-22(17)29-27-26(36(31,32)21-14-12-19(33-2)13-15-21)23(28)25(35-27)24(30)18-9-7-10-20(16-18)34-3/h5-16,29H,4,28H2,1-3H3. The predicted molar refractivity (Wildman–Crippen MR) is 143 cm³/mol. The Bertz CT molecular complexity index is 1510. The lowest BCUT2D eigenvalue weighted by Crippen LogP contribution is -2.08. The van der Waals surface area contributed by atoms with Crippen LogP contribution < -0.4 is 20.5 Å². The number of aryl methyl sites for hydroxylation is 1. The normalized spacial score (nSPS) is 11.2. The number of methoxy groups -OCH3 is 2. The fourth-order valence-corrected chi connectivity index (χ4v) is 6.71. The van der Waals surface area contributed by atoms with E-state index in [1.54, 1.807) is 36.4 Å². The summed E-state index contributed by atoms with van der Waals surface area (Å²) >= 11 is 1.02. The first kappa shape index (κ1) is 25.3. The second-order valence-electron chi connectivity index (χ2n) is 7.88. The summed E-state index contributed by atoms with van der Waals surface area (Å²) in [6.07, 6.45) is 0.736. The van der Waals surface area contributed by atoms with Crippen LogP contribution in [-0.4, -0.2) is 28.4 Å². The van der Waals surface area contributed by atoms with Crippen LogP contribution in [-0.2, 0) is 16.3 Å². The van der Waals surface area contributed by atoms with Crippen molar-refractivity contribution < 1.29 is 22.7 Å². The molecule has 0 saturated carbocycles. The summed E-state index contributed by atoms with van der Waals surface area (Å²) in [5, 5.41) is 3.51. The molecule has 0 amide bonds. The van der Waals surface area contributed by atoms with Gasteiger partial charge in [0.1, 0.15) is 26.3 Å². The summed E-state index contributed by atoms with van der Waals surface area (Å²) < 4.78 is 38.0. The van der Waals surface area contributed by atoms with E-state index in [0.717, 1.165) is 29.0 Å². The van der Waals surface area contributed by atoms with Crippen molar-refractivity contribution in [1.82, 2.24) is 0 Å². The molecule has 0 spiro atoms. The van der Waals surface area contributed by atoms with Gasteiger partial charge in [-0.3, -0.25) is 4.79 Å². The van der Waals surface area contributed by atoms with Gasteiger partial charge in [0.05, 0.1) is 24.8 Å². The molecule has 1 heterocycles. The molecular formula is C27H26N2O5S2. The highest BCUT2D eigenvalue weighted by molar-refractivity contribution is 7.92. The van der Waals surface area contributed by atoms with E-state index in [0.29, 0.717) is 17.1 Å². The van der Waals surface area contributed by atoms with E-state index in [4.69, 9.17) is 15.2 Å². The Morgan fingerprint density at radius 1 is 0.944 bits per heavy atom. The number of hydrogen-bond donors (Lipinski definition) is 2. The van der Waals surface area contributed by atoms with Crippen molar-refractivity contribution in [2.24, 2.45) is 0 Å². The van der Waals surface area contributed by atoms with Crippen LogP contribution in [0.2, 0.25) is 0 Å². The van der Waals surface area contributed by atoms with Crippen molar-refractivity contribution in [3.63, 3.8) is 0 Å². The maximum Gasteiger partial charge on any atom is 0.211 e. The molecule has 3 N–H and O–H groups in total. The zero-order chi connectivity index (χ0) is 25.9. The summed E-state index contributed by atoms with van der Waals surface area (Å²) in [5.74, 6) is 0.646. The van der Waals surface area contributed by atoms with Crippen LogP contribution in [0.5, 0.6) is 11.5 Å². The van der Waals surface area contributed by atoms with E-state index in [2.05, 4.69) is 5.32 Å². The molecule has 0 atom stereocenters. The Labute approximate surface area is 214 Å². The third-order valence-corrected chi connectivity index (χ3v) is 8.83. The Balaban J connectivity index is 1.89. The van der Waals surface area contributed by atoms with Crippen molar-refractivity contribution in [2.45, 2.75) is 23.1 Å². The highest BCUT2D eigenvalue weighted by Gasteiger charge is 2.32. The number of ketones is 1. The minimum Gasteiger partial charge on any atom is -0.497 e. The molecule has 186 valence electrons. The molecule has 36 heavy (non-hydrogen) atoms. The van der Waals surface area contributed by atoms with E-state index in [1.165, 1.54) is 26.4 Å². The molecule has 4 rings (SSSR count). The Morgan fingerprint density at radius 2 is 1.64 bits per heavy atom. The minimum atomic E-state index is -4.08. The van der Waals surface area contributed by atoms with Gasteiger partial charge < -0.3 is 20.5 Å². The highest BCUT2D eigenvalue weighted by Crippen LogP contribution is 2.44. The van der Waals surface area contributed by atoms with Crippen molar-refractivity contribution in [2.75, 3.05) is 25.3 Å². The summed E-state index contributed by atoms with van der Waals surface area (Å²) in [6, 6.07) is 20.3. The van der Waals surface area contributed by atoms with Crippen molar-refractivity contribution >= 4 is 43.3 Å². The highest BCUT2D eigenvalue weighted by atomic mass is 32.2. The number of nitrogens with two attached hydrogens (primary N) is 1. The molecule has 7 nitrogen and oxygen atoms in total. The smallest absolute Gasteiger partial charge is 0.211 e. The van der Waals surface area contributed by atoms with Crippen LogP contribution in [0.3, 0.4) is 0 Å². The second kappa shape index (κ2) is 10.4. The lowest BCUT2D eigenvalue weighted by Gasteiger charge is -2.12. The number of nitrogens with one attached hydrogen (secondary N) is 1. The molecular weight excluding hydrogens is 496 g/mol. The summed E-state index contributed by atoms with van der Waals surface area (Å²) in [7, 11) is -1.07. The average Bonchev–Trinajstić information content (AvgIpc) is 3.24. The SMILES string of the molecule is CCc1ccccc1Nc1sc(C(=O)c2cccc(OC)c2)c(N)c1S(=O)(=O)c1ccc(OC)cc1. The lowest BCUT2D eigenvalue weighted by molar-refractivity contribution is 0.104. The number of carbonyl (C=O) groups is 1. The van der Waals surface area contributed by atoms with Gasteiger partial charge in [0.15, 0.2) is 0 Å². The average molecular weight is 523 g/mol. The number of rotatable bonds is 9. The molecule has 0 aliphatic rings. The van der Waals surface area contributed by atoms with Gasteiger partial charge in [-0.1, -0.05) is 37.3 Å². The molecule has 9 heteroatoms. The van der Waals surface area contributed by atoms with E-state index < -0.39 is 9.84 Å². The monoisotopic (exact) mass is 522 g/mol. The van der Waals surface area contributed by atoms with E-state index >= 15 is 0 Å². The number of benzene rings is 3. The maximum absolute atomic E-state index is 13.8. The molecule has 0 saturated heterocycles. The first-order valence-corrected chi connectivity index (χ1v) is 13.4. The molecule has 0 bridgehead atoms. The first-order valence-electron chi connectivity index (χ1n) is 11.1. The summed E-state index contributed by atoms with van der Waals surface area (Å²) in [4.78, 5) is 13.5. The molecule has 1 aromatic heterocycles. The number of thiophene rings is 1. The summed E-state index contributed by atoms with van der Waals surface area (Å²) in [6.45, 7) is 2.01. The van der Waals surface area contributed by atoms with Gasteiger partial charge in [-0.15, -0.1) is 11.3 Å². The van der Waals surface area contributed by atoms with Gasteiger partial charge in [0.2, 0.25) is 15.6 Å². The van der Waals surface area contributed by atoms with Crippen LogP contribution >= 0.6 is 11.3 Å². The molecule has 0 radical (unpaired) electrons. The topological polar surface area (TPSA) is 108 Å². The minimum absolute atomic E-state index is 0.0417. The number of hydrogen-bond acceptors (Lipinski definition) is 8. The van der Waals surface area contributed by atoms with Gasteiger partial charge >= 0.3 is 0 Å². The van der Waals surface area contributed by atoms with Crippen molar-refractivity contribution in [3.05, 3.63) is 88.8 Å². The Morgan fingerprint density at radius 3 is 2.31 bits per heavy atom. The van der Waals surface area contributed by atoms with Crippen LogP contribution in [0, 0.1) is 0 Å². The summed E-state index contributed by atoms with van der Waals surface area (Å²) in [5.41, 5.74) is 8.42. The second-order valence-corrected chi connectivity index (χ2v) is 10.8. The molecule has 0 unspecified atom stereocenters. The quantitative estimate of drug-likeness (QED) is 0.271. The molecule has 4 aromatic rings. The van der Waals surface area contributed by atoms with Gasteiger partial charge in [-0.25, -0.2) is 8.42 Å². The third kappa shape index (κ3) is 4.80. The fraction of sp³-hybridized carbons (Fsp3) is 0.148. The fourth-order valence-electron chi connectivity index (χ4n) is 3.79. The van der Waals surface area contributed by atoms with Crippen LogP contribution in [0.15, 0.2) is 82.6 Å². The molecule has 0 aliphatic carbocycles. The zero-order valence-corrected chi connectivity index (χ0v) is 21.7. The number of carbonyl (C=O) groups excluding carboxylic acids is 1. The lowest BCUT2D eigenvalue weighted by atomic mass is 10.1. The Hall–Kier alpha value is -3.82. The molecule has 0 aliphatic heterocycles. The predicted octanol–water partition coefficient (Wildman–Crippen LogP) is 5.72. The number of para-hydroxylation sites is 1. The van der Waals surface area contributed by atoms with Gasteiger partial charge in [-0.05, 0) is 54.4 Å². The Kier molecular flexibility index (Phi) is 7.32. The van der Waals surface area contributed by atoms with E-state index in [1.807, 2.05) is 31.2 Å². The largest absolute Gasteiger partial charge is 0.497 e. The van der Waals surface area contributed by atoms with Crippen LogP contribution in [0.1, 0.15) is 27.7 Å². The van der Waals surface area contributed by atoms with Gasteiger partial charge in [0.25, 0.3) is 0 Å². The van der Waals surface area contributed by atoms with Crippen LogP contribution in [0.25, 0.3) is 0 Å². The van der Waals surface area contributed by atoms with Gasteiger partial charge in [0, 0.05) is 11.3 Å². The van der Waals surface area contributed by atoms with Crippen LogP contribution in [0.4, 0.5) is 16.4 Å². The first-order chi connectivity index (χ1) is 17.3. The van der Waals surface area contributed by atoms with Crippen molar-refractivity contribution in [1.29, 1.82) is 0 Å². The molecule has 0 fully saturated rings. The van der Waals surface area contributed by atoms with E-state index in [-0.39, 0.29) is 31.1 Å². The van der Waals surface area contributed by atoms with Crippen molar-refractivity contribution in [3.8, 4) is 11.5 Å². The number of ether oxygens (including phenoxy) is 2. The molecule has 3 aromatic carbocycles.